The lowest BCUT2D eigenvalue weighted by Crippen LogP contribution is -2.23. The minimum absolute atomic E-state index is 0.148. The Morgan fingerprint density at radius 3 is 2.61 bits per heavy atom. The van der Waals surface area contributed by atoms with Gasteiger partial charge in [-0.25, -0.2) is 0 Å². The van der Waals surface area contributed by atoms with E-state index in [-0.39, 0.29) is 12.2 Å². The fourth-order valence-corrected chi connectivity index (χ4v) is 2.62. The lowest BCUT2D eigenvalue weighted by molar-refractivity contribution is -0.0456. The Kier molecular flexibility index (Phi) is 4.48. The molecule has 0 saturated carbocycles. The van der Waals surface area contributed by atoms with Crippen molar-refractivity contribution in [3.63, 3.8) is 0 Å². The number of halogens is 1. The zero-order valence-electron chi connectivity index (χ0n) is 10.5. The second kappa shape index (κ2) is 5.91. The van der Waals surface area contributed by atoms with Crippen LogP contribution in [0.25, 0.3) is 0 Å². The molecule has 1 aliphatic heterocycles. The molecule has 2 unspecified atom stereocenters. The molecule has 0 radical (unpaired) electrons. The minimum atomic E-state index is -0.317. The summed E-state index contributed by atoms with van der Waals surface area (Å²) < 4.78 is 17.2. The highest BCUT2D eigenvalue weighted by Gasteiger charge is 2.26. The molecule has 2 atom stereocenters. The third-order valence-electron chi connectivity index (χ3n) is 3.11. The minimum Gasteiger partial charge on any atom is -0.496 e. The molecule has 1 fully saturated rings. The van der Waals surface area contributed by atoms with E-state index in [1.165, 1.54) is 0 Å². The first kappa shape index (κ1) is 13.6. The summed E-state index contributed by atoms with van der Waals surface area (Å²) in [5.41, 5.74) is 0.913. The van der Waals surface area contributed by atoms with Gasteiger partial charge in [0.15, 0.2) is 0 Å². The summed E-state index contributed by atoms with van der Waals surface area (Å²) in [5, 5.41) is 9.72. The van der Waals surface area contributed by atoms with Crippen molar-refractivity contribution >= 4 is 15.9 Å². The molecule has 1 aromatic rings. The van der Waals surface area contributed by atoms with E-state index >= 15 is 0 Å². The maximum Gasteiger partial charge on any atom is 0.133 e. The van der Waals surface area contributed by atoms with Crippen molar-refractivity contribution in [3.8, 4) is 11.5 Å². The largest absolute Gasteiger partial charge is 0.496 e. The molecule has 18 heavy (non-hydrogen) atoms. The first-order valence-corrected chi connectivity index (χ1v) is 6.66. The molecule has 0 amide bonds. The van der Waals surface area contributed by atoms with Crippen molar-refractivity contribution in [1.82, 2.24) is 0 Å². The highest BCUT2D eigenvalue weighted by atomic mass is 79.9. The third kappa shape index (κ3) is 2.79. The van der Waals surface area contributed by atoms with Crippen LogP contribution in [-0.2, 0) is 4.74 Å². The van der Waals surface area contributed by atoms with Crippen LogP contribution in [0.2, 0.25) is 0 Å². The van der Waals surface area contributed by atoms with Gasteiger partial charge in [-0.2, -0.15) is 0 Å². The van der Waals surface area contributed by atoms with E-state index in [1.54, 1.807) is 14.2 Å². The monoisotopic (exact) mass is 316 g/mol. The average Bonchev–Trinajstić information content (AvgIpc) is 2.38. The molecule has 0 aliphatic carbocycles. The molecular weight excluding hydrogens is 300 g/mol. The average molecular weight is 317 g/mol. The molecule has 1 heterocycles. The van der Waals surface area contributed by atoms with E-state index in [1.807, 2.05) is 12.1 Å². The molecule has 1 saturated heterocycles. The van der Waals surface area contributed by atoms with Crippen molar-refractivity contribution in [2.45, 2.75) is 25.0 Å². The van der Waals surface area contributed by atoms with Crippen LogP contribution in [0.15, 0.2) is 16.6 Å². The molecule has 1 aliphatic rings. The molecule has 1 aromatic carbocycles. The summed E-state index contributed by atoms with van der Waals surface area (Å²) in [4.78, 5) is 0. The normalized spacial score (nSPS) is 23.8. The number of aliphatic hydroxyl groups is 1. The highest BCUT2D eigenvalue weighted by molar-refractivity contribution is 9.10. The Bertz CT molecular complexity index is 422. The summed E-state index contributed by atoms with van der Waals surface area (Å²) in [6, 6.07) is 3.75. The predicted octanol–water partition coefficient (Wildman–Crippen LogP) is 2.68. The van der Waals surface area contributed by atoms with Crippen LogP contribution in [0, 0.1) is 0 Å². The number of ether oxygens (including phenoxy) is 3. The Labute approximate surface area is 115 Å². The van der Waals surface area contributed by atoms with Crippen molar-refractivity contribution in [1.29, 1.82) is 0 Å². The molecule has 0 aromatic heterocycles. The molecule has 0 bridgehead atoms. The lowest BCUT2D eigenvalue weighted by atomic mass is 9.98. The second-order valence-corrected chi connectivity index (χ2v) is 5.12. The van der Waals surface area contributed by atoms with Gasteiger partial charge in [0.05, 0.1) is 30.9 Å². The molecular formula is C13H17BrO4. The van der Waals surface area contributed by atoms with Gasteiger partial charge in [0.2, 0.25) is 0 Å². The molecule has 5 heteroatoms. The summed E-state index contributed by atoms with van der Waals surface area (Å²) in [7, 11) is 3.24. The Morgan fingerprint density at radius 1 is 1.28 bits per heavy atom. The standard InChI is InChI=1S/C13H17BrO4/c1-16-11-7-10(14)13(17-2)6-9(11)12-5-8(15)3-4-18-12/h6-8,12,15H,3-5H2,1-2H3. The molecule has 1 N–H and O–H groups in total. The summed E-state index contributed by atoms with van der Waals surface area (Å²) in [5.74, 6) is 1.47. The Balaban J connectivity index is 2.35. The van der Waals surface area contributed by atoms with Gasteiger partial charge in [-0.15, -0.1) is 0 Å². The van der Waals surface area contributed by atoms with Gasteiger partial charge in [-0.3, -0.25) is 0 Å². The number of benzene rings is 1. The van der Waals surface area contributed by atoms with E-state index < -0.39 is 0 Å². The number of methoxy groups -OCH3 is 2. The predicted molar refractivity (Wildman–Crippen MR) is 71.2 cm³/mol. The van der Waals surface area contributed by atoms with E-state index in [9.17, 15) is 5.11 Å². The van der Waals surface area contributed by atoms with E-state index in [4.69, 9.17) is 14.2 Å². The van der Waals surface area contributed by atoms with E-state index in [0.717, 1.165) is 21.5 Å². The van der Waals surface area contributed by atoms with Crippen molar-refractivity contribution in [2.24, 2.45) is 0 Å². The van der Waals surface area contributed by atoms with E-state index in [2.05, 4.69) is 15.9 Å². The highest BCUT2D eigenvalue weighted by Crippen LogP contribution is 2.39. The van der Waals surface area contributed by atoms with Crippen molar-refractivity contribution < 1.29 is 19.3 Å². The molecule has 0 spiro atoms. The fourth-order valence-electron chi connectivity index (χ4n) is 2.13. The summed E-state index contributed by atoms with van der Waals surface area (Å²) in [6.07, 6.45) is 0.807. The van der Waals surface area contributed by atoms with Crippen LogP contribution in [-0.4, -0.2) is 32.0 Å². The summed E-state index contributed by atoms with van der Waals surface area (Å²) in [6.45, 7) is 0.563. The van der Waals surface area contributed by atoms with Gasteiger partial charge in [-0.1, -0.05) is 0 Å². The smallest absolute Gasteiger partial charge is 0.133 e. The quantitative estimate of drug-likeness (QED) is 0.931. The van der Waals surface area contributed by atoms with Crippen molar-refractivity contribution in [2.75, 3.05) is 20.8 Å². The van der Waals surface area contributed by atoms with Gasteiger partial charge in [0.25, 0.3) is 0 Å². The van der Waals surface area contributed by atoms with Gasteiger partial charge in [0.1, 0.15) is 11.5 Å². The fraction of sp³-hybridized carbons (Fsp3) is 0.538. The zero-order valence-corrected chi connectivity index (χ0v) is 12.1. The van der Waals surface area contributed by atoms with Crippen LogP contribution in [0.1, 0.15) is 24.5 Å². The van der Waals surface area contributed by atoms with Gasteiger partial charge >= 0.3 is 0 Å². The van der Waals surface area contributed by atoms with E-state index in [0.29, 0.717) is 19.4 Å². The van der Waals surface area contributed by atoms with Crippen LogP contribution in [0.5, 0.6) is 11.5 Å². The Morgan fingerprint density at radius 2 is 2.00 bits per heavy atom. The maximum atomic E-state index is 9.72. The van der Waals surface area contributed by atoms with Gasteiger partial charge < -0.3 is 19.3 Å². The molecule has 100 valence electrons. The second-order valence-electron chi connectivity index (χ2n) is 4.27. The SMILES string of the molecule is COc1cc(C2CC(O)CCO2)c(OC)cc1Br. The van der Waals surface area contributed by atoms with Gasteiger partial charge in [0, 0.05) is 18.6 Å². The van der Waals surface area contributed by atoms with Crippen LogP contribution in [0.4, 0.5) is 0 Å². The van der Waals surface area contributed by atoms with Crippen LogP contribution < -0.4 is 9.47 Å². The third-order valence-corrected chi connectivity index (χ3v) is 3.73. The maximum absolute atomic E-state index is 9.72. The first-order valence-electron chi connectivity index (χ1n) is 5.86. The van der Waals surface area contributed by atoms with Crippen molar-refractivity contribution in [3.05, 3.63) is 22.2 Å². The molecule has 2 rings (SSSR count). The first-order chi connectivity index (χ1) is 8.65. The number of hydrogen-bond donors (Lipinski definition) is 1. The van der Waals surface area contributed by atoms with Crippen LogP contribution in [0.3, 0.4) is 0 Å². The topological polar surface area (TPSA) is 47.9 Å². The molecule has 4 nitrogen and oxygen atoms in total. The number of aliphatic hydroxyl groups excluding tert-OH is 1. The summed E-state index contributed by atoms with van der Waals surface area (Å²) >= 11 is 3.42. The Hall–Kier alpha value is -0.780. The zero-order chi connectivity index (χ0) is 13.1. The lowest BCUT2D eigenvalue weighted by Gasteiger charge is -2.28. The number of hydrogen-bond acceptors (Lipinski definition) is 4. The van der Waals surface area contributed by atoms with Gasteiger partial charge in [-0.05, 0) is 34.5 Å². The number of rotatable bonds is 3. The van der Waals surface area contributed by atoms with Crippen LogP contribution >= 0.6 is 15.9 Å².